The highest BCUT2D eigenvalue weighted by Crippen LogP contribution is 2.36. The van der Waals surface area contributed by atoms with Gasteiger partial charge in [0.05, 0.1) is 6.54 Å². The molecule has 1 atom stereocenters. The molecule has 0 bridgehead atoms. The van der Waals surface area contributed by atoms with Gasteiger partial charge in [-0.15, -0.1) is 0 Å². The normalized spacial score (nSPS) is 22.4. The van der Waals surface area contributed by atoms with Gasteiger partial charge in [0.1, 0.15) is 16.4 Å². The molecule has 1 saturated carbocycles. The van der Waals surface area contributed by atoms with Gasteiger partial charge in [0.15, 0.2) is 0 Å². The Labute approximate surface area is 127 Å². The van der Waals surface area contributed by atoms with Crippen molar-refractivity contribution in [3.8, 4) is 0 Å². The molecule has 1 aromatic rings. The summed E-state index contributed by atoms with van der Waals surface area (Å²) in [6.07, 6.45) is 4.19. The molecule has 5 nitrogen and oxygen atoms in total. The number of aryl methyl sites for hydroxylation is 1. The largest absolute Gasteiger partial charge is 0.464 e. The van der Waals surface area contributed by atoms with Gasteiger partial charge in [0, 0.05) is 12.1 Å². The zero-order valence-electron chi connectivity index (χ0n) is 13.3. The van der Waals surface area contributed by atoms with E-state index < -0.39 is 10.0 Å². The van der Waals surface area contributed by atoms with E-state index in [4.69, 9.17) is 4.42 Å². The summed E-state index contributed by atoms with van der Waals surface area (Å²) in [6, 6.07) is 1.60. The number of hydrogen-bond donors (Lipinski definition) is 2. The zero-order chi connectivity index (χ0) is 15.7. The van der Waals surface area contributed by atoms with Crippen molar-refractivity contribution in [2.45, 2.75) is 63.9 Å². The molecular weight excluding hydrogens is 288 g/mol. The Morgan fingerprint density at radius 3 is 2.71 bits per heavy atom. The quantitative estimate of drug-likeness (QED) is 0.876. The second-order valence-corrected chi connectivity index (χ2v) is 8.25. The summed E-state index contributed by atoms with van der Waals surface area (Å²) < 4.78 is 33.7. The molecule has 1 aromatic heterocycles. The first-order valence-electron chi connectivity index (χ1n) is 7.52. The molecule has 1 heterocycles. The van der Waals surface area contributed by atoms with Crippen molar-refractivity contribution in [3.63, 3.8) is 0 Å². The van der Waals surface area contributed by atoms with Crippen molar-refractivity contribution >= 4 is 10.0 Å². The Bertz CT molecular complexity index is 590. The maximum Gasteiger partial charge on any atom is 0.244 e. The number of hydrogen-bond acceptors (Lipinski definition) is 4. The first-order valence-corrected chi connectivity index (χ1v) is 9.01. The van der Waals surface area contributed by atoms with Gasteiger partial charge in [-0.3, -0.25) is 0 Å². The summed E-state index contributed by atoms with van der Waals surface area (Å²) in [5, 5.41) is 2.96. The van der Waals surface area contributed by atoms with Gasteiger partial charge < -0.3 is 9.73 Å². The van der Waals surface area contributed by atoms with Crippen LogP contribution in [0.15, 0.2) is 15.4 Å². The van der Waals surface area contributed by atoms with E-state index in [-0.39, 0.29) is 16.4 Å². The lowest BCUT2D eigenvalue weighted by Crippen LogP contribution is -2.46. The third-order valence-corrected chi connectivity index (χ3v) is 5.95. The first kappa shape index (κ1) is 16.5. The van der Waals surface area contributed by atoms with E-state index in [9.17, 15) is 8.42 Å². The summed E-state index contributed by atoms with van der Waals surface area (Å²) in [5.74, 6) is 1.08. The number of sulfonamides is 1. The second-order valence-electron chi connectivity index (χ2n) is 6.57. The lowest BCUT2D eigenvalue weighted by atomic mass is 9.74. The van der Waals surface area contributed by atoms with Crippen LogP contribution in [0.5, 0.6) is 0 Å². The fourth-order valence-corrected chi connectivity index (χ4v) is 4.66. The molecule has 1 fully saturated rings. The summed E-state index contributed by atoms with van der Waals surface area (Å²) in [6.45, 7) is 6.48. The summed E-state index contributed by atoms with van der Waals surface area (Å²) in [7, 11) is -1.73. The molecular formula is C15H26N2O3S. The lowest BCUT2D eigenvalue weighted by Gasteiger charge is -2.38. The van der Waals surface area contributed by atoms with E-state index in [0.29, 0.717) is 18.1 Å². The van der Waals surface area contributed by atoms with Crippen LogP contribution in [0.4, 0.5) is 0 Å². The predicted molar refractivity (Wildman–Crippen MR) is 82.6 cm³/mol. The van der Waals surface area contributed by atoms with Crippen LogP contribution in [-0.4, -0.2) is 21.5 Å². The van der Waals surface area contributed by atoms with E-state index in [0.717, 1.165) is 19.3 Å². The van der Waals surface area contributed by atoms with Crippen molar-refractivity contribution in [3.05, 3.63) is 17.6 Å². The van der Waals surface area contributed by atoms with Gasteiger partial charge in [-0.05, 0) is 32.2 Å². The minimum absolute atomic E-state index is 0.00321. The maximum atomic E-state index is 12.6. The summed E-state index contributed by atoms with van der Waals surface area (Å²) in [4.78, 5) is 0.258. The summed E-state index contributed by atoms with van der Waals surface area (Å²) in [5.41, 5.74) is -0.00321. The zero-order valence-corrected chi connectivity index (χ0v) is 14.1. The van der Waals surface area contributed by atoms with Crippen molar-refractivity contribution in [2.75, 3.05) is 7.05 Å². The molecule has 0 aliphatic heterocycles. The maximum absolute atomic E-state index is 12.6. The van der Waals surface area contributed by atoms with E-state index in [1.165, 1.54) is 6.42 Å². The van der Waals surface area contributed by atoms with E-state index in [1.54, 1.807) is 20.0 Å². The molecule has 0 aromatic carbocycles. The third-order valence-electron chi connectivity index (χ3n) is 4.37. The van der Waals surface area contributed by atoms with Crippen LogP contribution in [0.3, 0.4) is 0 Å². The average Bonchev–Trinajstić information content (AvgIpc) is 2.74. The number of rotatable bonds is 5. The van der Waals surface area contributed by atoms with Crippen molar-refractivity contribution in [1.29, 1.82) is 0 Å². The highest BCUT2D eigenvalue weighted by atomic mass is 32.2. The van der Waals surface area contributed by atoms with Gasteiger partial charge in [0.25, 0.3) is 0 Å². The van der Waals surface area contributed by atoms with Gasteiger partial charge in [-0.1, -0.05) is 26.7 Å². The predicted octanol–water partition coefficient (Wildman–Crippen LogP) is 2.55. The standard InChI is InChI=1S/C15H26N2O3S/c1-11-13(9-12(20-11)10-16-4)21(18,19)17-14-7-5-6-8-15(14,2)3/h9,14,16-17H,5-8,10H2,1-4H3. The smallest absolute Gasteiger partial charge is 0.244 e. The topological polar surface area (TPSA) is 71.3 Å². The Morgan fingerprint density at radius 2 is 2.10 bits per heavy atom. The fourth-order valence-electron chi connectivity index (χ4n) is 3.02. The van der Waals surface area contributed by atoms with Crippen LogP contribution >= 0.6 is 0 Å². The molecule has 6 heteroatoms. The highest BCUT2D eigenvalue weighted by Gasteiger charge is 2.36. The third kappa shape index (κ3) is 3.67. The second kappa shape index (κ2) is 6.10. The molecule has 0 radical (unpaired) electrons. The molecule has 0 spiro atoms. The highest BCUT2D eigenvalue weighted by molar-refractivity contribution is 7.89. The molecule has 2 N–H and O–H groups in total. The van der Waals surface area contributed by atoms with Crippen LogP contribution in [0.1, 0.15) is 51.1 Å². The number of furan rings is 1. The molecule has 0 amide bonds. The van der Waals surface area contributed by atoms with Crippen LogP contribution in [0.25, 0.3) is 0 Å². The van der Waals surface area contributed by atoms with E-state index in [1.807, 2.05) is 0 Å². The summed E-state index contributed by atoms with van der Waals surface area (Å²) >= 11 is 0. The molecule has 1 aliphatic carbocycles. The van der Waals surface area contributed by atoms with Gasteiger partial charge >= 0.3 is 0 Å². The van der Waals surface area contributed by atoms with Crippen LogP contribution in [0.2, 0.25) is 0 Å². The van der Waals surface area contributed by atoms with Crippen molar-refractivity contribution in [1.82, 2.24) is 10.0 Å². The van der Waals surface area contributed by atoms with E-state index >= 15 is 0 Å². The fraction of sp³-hybridized carbons (Fsp3) is 0.733. The first-order chi connectivity index (χ1) is 9.76. The molecule has 0 saturated heterocycles. The van der Waals surface area contributed by atoms with Gasteiger partial charge in [-0.25, -0.2) is 13.1 Å². The Hall–Kier alpha value is -0.850. The van der Waals surface area contributed by atoms with Crippen LogP contribution in [0, 0.1) is 12.3 Å². The SMILES string of the molecule is CNCc1cc(S(=O)(=O)NC2CCCCC2(C)C)c(C)o1. The molecule has 1 aliphatic rings. The lowest BCUT2D eigenvalue weighted by molar-refractivity contribution is 0.188. The Morgan fingerprint density at radius 1 is 1.38 bits per heavy atom. The Balaban J connectivity index is 2.22. The van der Waals surface area contributed by atoms with Crippen molar-refractivity contribution in [2.24, 2.45) is 5.41 Å². The number of nitrogens with one attached hydrogen (secondary N) is 2. The average molecular weight is 314 g/mol. The minimum atomic E-state index is -3.53. The van der Waals surface area contributed by atoms with Crippen molar-refractivity contribution < 1.29 is 12.8 Å². The minimum Gasteiger partial charge on any atom is -0.464 e. The van der Waals surface area contributed by atoms with E-state index in [2.05, 4.69) is 23.9 Å². The Kier molecular flexibility index (Phi) is 4.80. The van der Waals surface area contributed by atoms with Crippen LogP contribution in [-0.2, 0) is 16.6 Å². The van der Waals surface area contributed by atoms with Gasteiger partial charge in [0.2, 0.25) is 10.0 Å². The van der Waals surface area contributed by atoms with Gasteiger partial charge in [-0.2, -0.15) is 0 Å². The molecule has 2 rings (SSSR count). The molecule has 21 heavy (non-hydrogen) atoms. The van der Waals surface area contributed by atoms with Crippen LogP contribution < -0.4 is 10.0 Å². The molecule has 1 unspecified atom stereocenters. The molecule has 120 valence electrons. The monoisotopic (exact) mass is 314 g/mol.